The van der Waals surface area contributed by atoms with Crippen LogP contribution in [0.1, 0.15) is 0 Å². The van der Waals surface area contributed by atoms with Crippen LogP contribution in [-0.2, 0) is 0 Å². The Morgan fingerprint density at radius 3 is 2.45 bits per heavy atom. The van der Waals surface area contributed by atoms with E-state index >= 15 is 0 Å². The predicted molar refractivity (Wildman–Crippen MR) is 89.1 cm³/mol. The molecule has 0 spiro atoms. The second-order valence-electron chi connectivity index (χ2n) is 4.30. The summed E-state index contributed by atoms with van der Waals surface area (Å²) in [6, 6.07) is 15.7. The van der Waals surface area contributed by atoms with Gasteiger partial charge in [-0.3, -0.25) is 4.57 Å². The first-order valence-electron chi connectivity index (χ1n) is 5.97. The van der Waals surface area contributed by atoms with Crippen molar-refractivity contribution in [2.45, 2.75) is 0 Å². The van der Waals surface area contributed by atoms with Crippen molar-refractivity contribution in [1.29, 1.82) is 0 Å². The van der Waals surface area contributed by atoms with E-state index < -0.39 is 0 Å². The highest BCUT2D eigenvalue weighted by molar-refractivity contribution is 9.10. The number of benzene rings is 2. The molecule has 0 aliphatic heterocycles. The van der Waals surface area contributed by atoms with Crippen molar-refractivity contribution in [1.82, 2.24) is 9.55 Å². The van der Waals surface area contributed by atoms with E-state index in [2.05, 4.69) is 20.9 Å². The molecule has 0 saturated heterocycles. The molecule has 1 heterocycles. The molecule has 3 aromatic rings. The highest BCUT2D eigenvalue weighted by atomic mass is 79.9. The van der Waals surface area contributed by atoms with Gasteiger partial charge in [0.2, 0.25) is 0 Å². The number of hydrogen-bond donors (Lipinski definition) is 1. The number of para-hydroxylation sites is 1. The van der Waals surface area contributed by atoms with Crippen LogP contribution in [0.2, 0.25) is 5.02 Å². The Morgan fingerprint density at radius 1 is 1.05 bits per heavy atom. The molecule has 0 radical (unpaired) electrons. The van der Waals surface area contributed by atoms with Crippen molar-refractivity contribution in [2.75, 3.05) is 0 Å². The van der Waals surface area contributed by atoms with Gasteiger partial charge in [0.1, 0.15) is 0 Å². The maximum absolute atomic E-state index is 6.22. The zero-order valence-electron chi connectivity index (χ0n) is 10.3. The van der Waals surface area contributed by atoms with E-state index in [1.807, 2.05) is 59.3 Å². The summed E-state index contributed by atoms with van der Waals surface area (Å²) in [5.41, 5.74) is 2.91. The first kappa shape index (κ1) is 13.6. The van der Waals surface area contributed by atoms with E-state index in [4.69, 9.17) is 23.8 Å². The van der Waals surface area contributed by atoms with Gasteiger partial charge in [-0.1, -0.05) is 51.8 Å². The molecule has 0 fully saturated rings. The van der Waals surface area contributed by atoms with E-state index in [1.165, 1.54) is 0 Å². The van der Waals surface area contributed by atoms with Crippen molar-refractivity contribution >= 4 is 39.7 Å². The SMILES string of the molecule is S=c1[nH]c(-c2ccc(Br)cc2)cn1-c1ccccc1Cl. The van der Waals surface area contributed by atoms with Gasteiger partial charge in [-0.05, 0) is 42.0 Å². The van der Waals surface area contributed by atoms with Crippen molar-refractivity contribution < 1.29 is 0 Å². The van der Waals surface area contributed by atoms with E-state index in [9.17, 15) is 0 Å². The summed E-state index contributed by atoms with van der Waals surface area (Å²) in [6.07, 6.45) is 1.97. The minimum atomic E-state index is 0.621. The van der Waals surface area contributed by atoms with Gasteiger partial charge in [-0.2, -0.15) is 0 Å². The molecule has 0 saturated carbocycles. The quantitative estimate of drug-likeness (QED) is 0.585. The number of aromatic amines is 1. The highest BCUT2D eigenvalue weighted by Gasteiger charge is 2.07. The van der Waals surface area contributed by atoms with Gasteiger partial charge in [-0.25, -0.2) is 0 Å². The fourth-order valence-corrected chi connectivity index (χ4v) is 2.75. The Morgan fingerprint density at radius 2 is 1.75 bits per heavy atom. The summed E-state index contributed by atoms with van der Waals surface area (Å²) in [6.45, 7) is 0. The Balaban J connectivity index is 2.10. The zero-order valence-corrected chi connectivity index (χ0v) is 13.5. The standard InChI is InChI=1S/C15H10BrClN2S/c16-11-7-5-10(6-8-11)13-9-19(15(20)18-13)14-4-2-1-3-12(14)17/h1-9H,(H,18,20). The van der Waals surface area contributed by atoms with E-state index in [0.29, 0.717) is 9.79 Å². The number of nitrogens with zero attached hydrogens (tertiary/aromatic N) is 1. The predicted octanol–water partition coefficient (Wildman–Crippen LogP) is 5.62. The maximum atomic E-state index is 6.22. The molecular formula is C15H10BrClN2S. The summed E-state index contributed by atoms with van der Waals surface area (Å²) >= 11 is 15.0. The Kier molecular flexibility index (Phi) is 3.78. The van der Waals surface area contributed by atoms with Crippen LogP contribution in [0, 0.1) is 4.77 Å². The van der Waals surface area contributed by atoms with Gasteiger partial charge in [-0.15, -0.1) is 0 Å². The van der Waals surface area contributed by atoms with Gasteiger partial charge < -0.3 is 4.98 Å². The van der Waals surface area contributed by atoms with Gasteiger partial charge >= 0.3 is 0 Å². The number of H-pyrrole nitrogens is 1. The van der Waals surface area contributed by atoms with Crippen LogP contribution in [0.4, 0.5) is 0 Å². The molecule has 2 aromatic carbocycles. The highest BCUT2D eigenvalue weighted by Crippen LogP contribution is 2.25. The topological polar surface area (TPSA) is 20.7 Å². The van der Waals surface area contributed by atoms with Crippen LogP contribution in [0.15, 0.2) is 59.2 Å². The molecule has 2 nitrogen and oxygen atoms in total. The molecule has 0 bridgehead atoms. The number of rotatable bonds is 2. The Bertz CT molecular complexity index is 805. The van der Waals surface area contributed by atoms with Crippen molar-refractivity contribution in [3.8, 4) is 16.9 Å². The third kappa shape index (κ3) is 2.59. The van der Waals surface area contributed by atoms with Gasteiger partial charge in [0.25, 0.3) is 0 Å². The molecule has 0 aliphatic carbocycles. The van der Waals surface area contributed by atoms with Gasteiger partial charge in [0.15, 0.2) is 4.77 Å². The van der Waals surface area contributed by atoms with E-state index in [1.54, 1.807) is 0 Å². The molecule has 0 unspecified atom stereocenters. The first-order valence-corrected chi connectivity index (χ1v) is 7.55. The summed E-state index contributed by atoms with van der Waals surface area (Å²) in [5.74, 6) is 0. The molecule has 3 rings (SSSR count). The third-order valence-corrected chi connectivity index (χ3v) is 4.13. The second-order valence-corrected chi connectivity index (χ2v) is 6.01. The molecule has 100 valence electrons. The molecule has 0 atom stereocenters. The van der Waals surface area contributed by atoms with E-state index in [0.717, 1.165) is 21.4 Å². The fraction of sp³-hybridized carbons (Fsp3) is 0. The molecule has 0 aliphatic rings. The molecule has 0 amide bonds. The summed E-state index contributed by atoms with van der Waals surface area (Å²) in [4.78, 5) is 3.21. The maximum Gasteiger partial charge on any atom is 0.182 e. The summed E-state index contributed by atoms with van der Waals surface area (Å²) in [5, 5.41) is 0.671. The average molecular weight is 366 g/mol. The van der Waals surface area contributed by atoms with Gasteiger partial charge in [0.05, 0.1) is 16.4 Å². The number of aromatic nitrogens is 2. The summed E-state index contributed by atoms with van der Waals surface area (Å²) < 4.78 is 3.55. The Hall–Kier alpha value is -1.36. The normalized spacial score (nSPS) is 10.7. The van der Waals surface area contributed by atoms with Crippen LogP contribution >= 0.6 is 39.7 Å². The molecule has 5 heteroatoms. The van der Waals surface area contributed by atoms with Crippen molar-refractivity contribution in [3.05, 3.63) is 69.0 Å². The van der Waals surface area contributed by atoms with Crippen LogP contribution in [0.3, 0.4) is 0 Å². The van der Waals surface area contributed by atoms with Gasteiger partial charge in [0, 0.05) is 10.7 Å². The minimum Gasteiger partial charge on any atom is -0.330 e. The second kappa shape index (κ2) is 5.56. The third-order valence-electron chi connectivity index (χ3n) is 2.99. The van der Waals surface area contributed by atoms with Crippen LogP contribution in [-0.4, -0.2) is 9.55 Å². The van der Waals surface area contributed by atoms with Crippen LogP contribution < -0.4 is 0 Å². The molecular weight excluding hydrogens is 356 g/mol. The smallest absolute Gasteiger partial charge is 0.182 e. The van der Waals surface area contributed by atoms with Crippen LogP contribution in [0.25, 0.3) is 16.9 Å². The monoisotopic (exact) mass is 364 g/mol. The first-order chi connectivity index (χ1) is 9.65. The number of nitrogens with one attached hydrogen (secondary N) is 1. The summed E-state index contributed by atoms with van der Waals surface area (Å²) in [7, 11) is 0. The van der Waals surface area contributed by atoms with E-state index in [-0.39, 0.29) is 0 Å². The largest absolute Gasteiger partial charge is 0.330 e. The Labute approximate surface area is 135 Å². The number of halogens is 2. The molecule has 20 heavy (non-hydrogen) atoms. The lowest BCUT2D eigenvalue weighted by Gasteiger charge is -2.03. The minimum absolute atomic E-state index is 0.621. The number of hydrogen-bond acceptors (Lipinski definition) is 1. The average Bonchev–Trinajstić information content (AvgIpc) is 2.82. The van der Waals surface area contributed by atoms with Crippen molar-refractivity contribution in [2.24, 2.45) is 0 Å². The van der Waals surface area contributed by atoms with Crippen LogP contribution in [0.5, 0.6) is 0 Å². The zero-order chi connectivity index (χ0) is 14.1. The fourth-order valence-electron chi connectivity index (χ4n) is 2.00. The lowest BCUT2D eigenvalue weighted by Crippen LogP contribution is -1.92. The lowest BCUT2D eigenvalue weighted by atomic mass is 10.2. The van der Waals surface area contributed by atoms with Crippen molar-refractivity contribution in [3.63, 3.8) is 0 Å². The molecule has 1 aromatic heterocycles. The lowest BCUT2D eigenvalue weighted by molar-refractivity contribution is 1.03. The molecule has 1 N–H and O–H groups in total. The number of imidazole rings is 1.